The average Bonchev–Trinajstić information content (AvgIpc) is 2.45. The predicted octanol–water partition coefficient (Wildman–Crippen LogP) is 1.21. The third kappa shape index (κ3) is 3.93. The Morgan fingerprint density at radius 1 is 1.24 bits per heavy atom. The van der Waals surface area contributed by atoms with Gasteiger partial charge in [0.25, 0.3) is 5.91 Å². The molecule has 0 fully saturated rings. The van der Waals surface area contributed by atoms with Gasteiger partial charge in [-0.3, -0.25) is 4.79 Å². The Morgan fingerprint density at radius 2 is 2.05 bits per heavy atom. The molecule has 7 nitrogen and oxygen atoms in total. The maximum absolute atomic E-state index is 11.8. The lowest BCUT2D eigenvalue weighted by atomic mass is 10.2. The lowest BCUT2D eigenvalue weighted by Crippen LogP contribution is -2.29. The van der Waals surface area contributed by atoms with Crippen LogP contribution in [0.15, 0.2) is 42.6 Å². The van der Waals surface area contributed by atoms with Crippen molar-refractivity contribution in [2.24, 2.45) is 5.73 Å². The molecule has 5 N–H and O–H groups in total. The molecule has 21 heavy (non-hydrogen) atoms. The molecule has 1 aromatic carbocycles. The Hall–Kier alpha value is -3.09. The fraction of sp³-hybridized carbons (Fsp3) is 0.0714. The van der Waals surface area contributed by atoms with Crippen molar-refractivity contribution in [3.8, 4) is 5.75 Å². The van der Waals surface area contributed by atoms with Crippen LogP contribution in [0.5, 0.6) is 5.75 Å². The SMILES string of the molecule is NC(=O)c1ncccc1NC(=O)NCc1cccc(O)c1. The summed E-state index contributed by atoms with van der Waals surface area (Å²) in [6, 6.07) is 9.12. The van der Waals surface area contributed by atoms with E-state index in [9.17, 15) is 14.7 Å². The van der Waals surface area contributed by atoms with Gasteiger partial charge in [-0.25, -0.2) is 9.78 Å². The van der Waals surface area contributed by atoms with Gasteiger partial charge < -0.3 is 21.5 Å². The van der Waals surface area contributed by atoms with Crippen LogP contribution in [-0.4, -0.2) is 22.0 Å². The molecule has 0 bridgehead atoms. The fourth-order valence-electron chi connectivity index (χ4n) is 1.72. The maximum Gasteiger partial charge on any atom is 0.319 e. The van der Waals surface area contributed by atoms with Crippen LogP contribution in [0.1, 0.15) is 16.1 Å². The number of nitrogens with two attached hydrogens (primary N) is 1. The Labute approximate surface area is 120 Å². The molecule has 0 saturated carbocycles. The number of aromatic nitrogens is 1. The number of carbonyl (C=O) groups excluding carboxylic acids is 2. The van der Waals surface area contributed by atoms with Gasteiger partial charge in [-0.2, -0.15) is 0 Å². The van der Waals surface area contributed by atoms with Crippen molar-refractivity contribution in [3.05, 3.63) is 53.9 Å². The highest BCUT2D eigenvalue weighted by Gasteiger charge is 2.11. The number of nitrogens with zero attached hydrogens (tertiary/aromatic N) is 1. The number of aromatic hydroxyl groups is 1. The minimum atomic E-state index is -0.723. The maximum atomic E-state index is 11.8. The monoisotopic (exact) mass is 286 g/mol. The summed E-state index contributed by atoms with van der Waals surface area (Å²) in [6.07, 6.45) is 1.41. The van der Waals surface area contributed by atoms with E-state index in [-0.39, 0.29) is 23.7 Å². The van der Waals surface area contributed by atoms with Gasteiger partial charge >= 0.3 is 6.03 Å². The fourth-order valence-corrected chi connectivity index (χ4v) is 1.72. The van der Waals surface area contributed by atoms with Gasteiger partial charge in [-0.05, 0) is 29.8 Å². The Kier molecular flexibility index (Phi) is 4.35. The summed E-state index contributed by atoms with van der Waals surface area (Å²) >= 11 is 0. The second kappa shape index (κ2) is 6.38. The van der Waals surface area contributed by atoms with Gasteiger partial charge in [0.15, 0.2) is 5.69 Å². The third-order valence-corrected chi connectivity index (χ3v) is 2.65. The van der Waals surface area contributed by atoms with Crippen molar-refractivity contribution >= 4 is 17.6 Å². The van der Waals surface area contributed by atoms with Gasteiger partial charge in [0.05, 0.1) is 5.69 Å². The molecular weight excluding hydrogens is 272 g/mol. The summed E-state index contributed by atoms with van der Waals surface area (Å²) in [5, 5.41) is 14.4. The van der Waals surface area contributed by atoms with Crippen molar-refractivity contribution in [3.63, 3.8) is 0 Å². The topological polar surface area (TPSA) is 117 Å². The van der Waals surface area contributed by atoms with Crippen LogP contribution in [-0.2, 0) is 6.54 Å². The van der Waals surface area contributed by atoms with Crippen molar-refractivity contribution in [1.82, 2.24) is 10.3 Å². The molecule has 0 radical (unpaired) electrons. The molecule has 0 unspecified atom stereocenters. The van der Waals surface area contributed by atoms with Crippen LogP contribution in [0, 0.1) is 0 Å². The number of pyridine rings is 1. The van der Waals surface area contributed by atoms with Crippen LogP contribution in [0.25, 0.3) is 0 Å². The Balaban J connectivity index is 1.98. The molecule has 0 saturated heterocycles. The first-order valence-corrected chi connectivity index (χ1v) is 6.14. The van der Waals surface area contributed by atoms with E-state index in [1.165, 1.54) is 12.3 Å². The Bertz CT molecular complexity index is 673. The summed E-state index contributed by atoms with van der Waals surface area (Å²) in [7, 11) is 0. The van der Waals surface area contributed by atoms with Gasteiger partial charge in [-0.15, -0.1) is 0 Å². The molecule has 7 heteroatoms. The third-order valence-electron chi connectivity index (χ3n) is 2.65. The summed E-state index contributed by atoms with van der Waals surface area (Å²) in [4.78, 5) is 26.8. The highest BCUT2D eigenvalue weighted by Crippen LogP contribution is 2.12. The Morgan fingerprint density at radius 3 is 2.76 bits per heavy atom. The number of nitrogens with one attached hydrogen (secondary N) is 2. The first-order valence-electron chi connectivity index (χ1n) is 6.14. The van der Waals surface area contributed by atoms with E-state index >= 15 is 0 Å². The van der Waals surface area contributed by atoms with Gasteiger partial charge in [0.1, 0.15) is 5.75 Å². The van der Waals surface area contributed by atoms with E-state index in [0.717, 1.165) is 5.56 Å². The number of amides is 3. The highest BCUT2D eigenvalue weighted by molar-refractivity contribution is 6.00. The molecule has 1 aromatic heterocycles. The second-order valence-corrected chi connectivity index (χ2v) is 4.24. The summed E-state index contributed by atoms with van der Waals surface area (Å²) in [6.45, 7) is 0.229. The van der Waals surface area contributed by atoms with Crippen molar-refractivity contribution in [2.45, 2.75) is 6.54 Å². The quantitative estimate of drug-likeness (QED) is 0.675. The molecule has 0 aliphatic carbocycles. The standard InChI is InChI=1S/C14H14N4O3/c15-13(20)12-11(5-2-6-16-12)18-14(21)17-8-9-3-1-4-10(19)7-9/h1-7,19H,8H2,(H2,15,20)(H2,17,18,21). The van der Waals surface area contributed by atoms with Crippen LogP contribution in [0.4, 0.5) is 10.5 Å². The lowest BCUT2D eigenvalue weighted by molar-refractivity contribution is 0.0996. The summed E-state index contributed by atoms with van der Waals surface area (Å²) in [5.41, 5.74) is 6.14. The first-order chi connectivity index (χ1) is 10.1. The molecule has 2 rings (SSSR count). The van der Waals surface area contributed by atoms with Crippen molar-refractivity contribution < 1.29 is 14.7 Å². The molecular formula is C14H14N4O3. The van der Waals surface area contributed by atoms with E-state index in [2.05, 4.69) is 15.6 Å². The van der Waals surface area contributed by atoms with Crippen LogP contribution in [0.3, 0.4) is 0 Å². The molecule has 0 aliphatic rings. The van der Waals surface area contributed by atoms with Gasteiger partial charge in [-0.1, -0.05) is 12.1 Å². The number of phenolic OH excluding ortho intramolecular Hbond substituents is 1. The van der Waals surface area contributed by atoms with E-state index in [1.807, 2.05) is 0 Å². The number of anilines is 1. The lowest BCUT2D eigenvalue weighted by Gasteiger charge is -2.09. The molecule has 3 amide bonds. The molecule has 1 heterocycles. The highest BCUT2D eigenvalue weighted by atomic mass is 16.3. The average molecular weight is 286 g/mol. The van der Waals surface area contributed by atoms with E-state index < -0.39 is 11.9 Å². The number of urea groups is 1. The number of benzene rings is 1. The second-order valence-electron chi connectivity index (χ2n) is 4.24. The van der Waals surface area contributed by atoms with E-state index in [0.29, 0.717) is 0 Å². The molecule has 0 spiro atoms. The zero-order chi connectivity index (χ0) is 15.2. The predicted molar refractivity (Wildman–Crippen MR) is 76.7 cm³/mol. The van der Waals surface area contributed by atoms with Crippen LogP contribution >= 0.6 is 0 Å². The number of hydrogen-bond donors (Lipinski definition) is 4. The first kappa shape index (κ1) is 14.3. The summed E-state index contributed by atoms with van der Waals surface area (Å²) in [5.74, 6) is -0.600. The van der Waals surface area contributed by atoms with Crippen molar-refractivity contribution in [2.75, 3.05) is 5.32 Å². The number of carbonyl (C=O) groups is 2. The number of rotatable bonds is 4. The van der Waals surface area contributed by atoms with Crippen LogP contribution < -0.4 is 16.4 Å². The number of hydrogen-bond acceptors (Lipinski definition) is 4. The summed E-state index contributed by atoms with van der Waals surface area (Å²) < 4.78 is 0. The zero-order valence-electron chi connectivity index (χ0n) is 11.0. The van der Waals surface area contributed by atoms with Crippen LogP contribution in [0.2, 0.25) is 0 Å². The smallest absolute Gasteiger partial charge is 0.319 e. The number of primary amides is 1. The molecule has 0 aliphatic heterocycles. The van der Waals surface area contributed by atoms with Crippen molar-refractivity contribution in [1.29, 1.82) is 0 Å². The number of phenols is 1. The molecule has 0 atom stereocenters. The molecule has 2 aromatic rings. The normalized spacial score (nSPS) is 9.90. The van der Waals surface area contributed by atoms with Gasteiger partial charge in [0.2, 0.25) is 0 Å². The van der Waals surface area contributed by atoms with E-state index in [1.54, 1.807) is 30.3 Å². The minimum absolute atomic E-state index is 0.00925. The zero-order valence-corrected chi connectivity index (χ0v) is 11.0. The van der Waals surface area contributed by atoms with E-state index in [4.69, 9.17) is 5.73 Å². The molecule has 108 valence electrons. The minimum Gasteiger partial charge on any atom is -0.508 e. The largest absolute Gasteiger partial charge is 0.508 e. The van der Waals surface area contributed by atoms with Gasteiger partial charge in [0, 0.05) is 12.7 Å².